The van der Waals surface area contributed by atoms with Gasteiger partial charge in [-0.3, -0.25) is 4.79 Å². The second-order valence-corrected chi connectivity index (χ2v) is 3.95. The second-order valence-electron chi connectivity index (χ2n) is 3.95. The molecule has 1 N–H and O–H groups in total. The van der Waals surface area contributed by atoms with Gasteiger partial charge in [0, 0.05) is 5.92 Å². The van der Waals surface area contributed by atoms with E-state index < -0.39 is 11.9 Å². The Hall–Kier alpha value is -1.32. The van der Waals surface area contributed by atoms with Gasteiger partial charge in [-0.15, -0.1) is 0 Å². The zero-order valence-electron chi connectivity index (χ0n) is 8.28. The number of carboxylic acids is 1. The predicted octanol–water partition coefficient (Wildman–Crippen LogP) is 1.91. The zero-order chi connectivity index (χ0) is 10.3. The van der Waals surface area contributed by atoms with Gasteiger partial charge in [-0.2, -0.15) is 0 Å². The second kappa shape index (κ2) is 3.12. The number of hydrogen-bond donors (Lipinski definition) is 1. The third-order valence-corrected chi connectivity index (χ3v) is 2.52. The van der Waals surface area contributed by atoms with Crippen molar-refractivity contribution in [1.82, 2.24) is 4.98 Å². The molecule has 0 bridgehead atoms. The van der Waals surface area contributed by atoms with Gasteiger partial charge in [0.1, 0.15) is 11.7 Å². The maximum Gasteiger partial charge on any atom is 0.314 e. The number of aromatic nitrogens is 1. The van der Waals surface area contributed by atoms with E-state index >= 15 is 0 Å². The molecule has 0 aliphatic heterocycles. The van der Waals surface area contributed by atoms with Gasteiger partial charge < -0.3 is 9.52 Å². The molecule has 0 saturated carbocycles. The molecule has 0 aromatic carbocycles. The molecule has 1 aliphatic carbocycles. The van der Waals surface area contributed by atoms with Crippen LogP contribution in [0.5, 0.6) is 0 Å². The van der Waals surface area contributed by atoms with E-state index in [1.807, 2.05) is 13.8 Å². The van der Waals surface area contributed by atoms with E-state index in [9.17, 15) is 4.79 Å². The molecule has 1 aromatic rings. The van der Waals surface area contributed by atoms with Gasteiger partial charge in [0.15, 0.2) is 5.89 Å². The lowest BCUT2D eigenvalue weighted by Crippen LogP contribution is -2.07. The molecule has 0 radical (unpaired) electrons. The average molecular weight is 195 g/mol. The molecule has 2 rings (SSSR count). The van der Waals surface area contributed by atoms with Crippen LogP contribution < -0.4 is 0 Å². The van der Waals surface area contributed by atoms with Crippen molar-refractivity contribution in [2.24, 2.45) is 0 Å². The molecule has 14 heavy (non-hydrogen) atoms. The minimum absolute atomic E-state index is 0.218. The smallest absolute Gasteiger partial charge is 0.314 e. The van der Waals surface area contributed by atoms with Gasteiger partial charge in [0.2, 0.25) is 0 Å². The molecule has 0 fully saturated rings. The number of rotatable bonds is 2. The molecule has 0 saturated heterocycles. The van der Waals surface area contributed by atoms with Crippen molar-refractivity contribution >= 4 is 5.97 Å². The minimum Gasteiger partial charge on any atom is -0.481 e. The van der Waals surface area contributed by atoms with E-state index in [1.54, 1.807) is 0 Å². The fourth-order valence-corrected chi connectivity index (χ4v) is 1.73. The Morgan fingerprint density at radius 1 is 1.64 bits per heavy atom. The van der Waals surface area contributed by atoms with E-state index in [0.29, 0.717) is 18.1 Å². The van der Waals surface area contributed by atoms with Crippen LogP contribution in [-0.2, 0) is 11.2 Å². The highest BCUT2D eigenvalue weighted by Crippen LogP contribution is 2.35. The monoisotopic (exact) mass is 195 g/mol. The first-order chi connectivity index (χ1) is 6.59. The van der Waals surface area contributed by atoms with E-state index in [1.165, 1.54) is 0 Å². The molecule has 76 valence electrons. The summed E-state index contributed by atoms with van der Waals surface area (Å²) >= 11 is 0. The van der Waals surface area contributed by atoms with Crippen LogP contribution in [0.4, 0.5) is 0 Å². The Morgan fingerprint density at radius 2 is 2.36 bits per heavy atom. The van der Waals surface area contributed by atoms with Gasteiger partial charge >= 0.3 is 5.97 Å². The summed E-state index contributed by atoms with van der Waals surface area (Å²) in [6, 6.07) is 0. The lowest BCUT2D eigenvalue weighted by molar-refractivity contribution is -0.139. The molecule has 1 unspecified atom stereocenters. The first kappa shape index (κ1) is 9.24. The van der Waals surface area contributed by atoms with Crippen LogP contribution in [0.15, 0.2) is 4.42 Å². The zero-order valence-corrected chi connectivity index (χ0v) is 8.28. The molecule has 1 aliphatic rings. The van der Waals surface area contributed by atoms with Crippen molar-refractivity contribution in [2.45, 2.75) is 38.5 Å². The van der Waals surface area contributed by atoms with Crippen molar-refractivity contribution in [1.29, 1.82) is 0 Å². The molecule has 4 nitrogen and oxygen atoms in total. The van der Waals surface area contributed by atoms with Crippen LogP contribution in [0, 0.1) is 0 Å². The third kappa shape index (κ3) is 1.31. The normalized spacial score (nSPS) is 20.1. The van der Waals surface area contributed by atoms with Crippen molar-refractivity contribution in [3.05, 3.63) is 17.3 Å². The van der Waals surface area contributed by atoms with Crippen LogP contribution in [0.2, 0.25) is 0 Å². The number of nitrogens with zero attached hydrogens (tertiary/aromatic N) is 1. The van der Waals surface area contributed by atoms with Crippen LogP contribution in [0.25, 0.3) is 0 Å². The van der Waals surface area contributed by atoms with E-state index in [2.05, 4.69) is 4.98 Å². The molecular weight excluding hydrogens is 182 g/mol. The summed E-state index contributed by atoms with van der Waals surface area (Å²) in [5.41, 5.74) is 0.834. The fourth-order valence-electron chi connectivity index (χ4n) is 1.73. The molecule has 0 spiro atoms. The summed E-state index contributed by atoms with van der Waals surface area (Å²) < 4.78 is 5.47. The largest absolute Gasteiger partial charge is 0.481 e. The Kier molecular flexibility index (Phi) is 2.06. The molecule has 1 aromatic heterocycles. The highest BCUT2D eigenvalue weighted by molar-refractivity contribution is 5.76. The number of carboxylic acid groups (broad SMARTS) is 1. The summed E-state index contributed by atoms with van der Waals surface area (Å²) in [4.78, 5) is 15.1. The first-order valence-corrected chi connectivity index (χ1v) is 4.82. The van der Waals surface area contributed by atoms with Crippen molar-refractivity contribution in [2.75, 3.05) is 0 Å². The Bertz CT molecular complexity index is 367. The number of aliphatic carboxylic acids is 1. The summed E-state index contributed by atoms with van der Waals surface area (Å²) in [6.07, 6.45) is 1.34. The van der Waals surface area contributed by atoms with E-state index in [-0.39, 0.29) is 5.92 Å². The molecule has 1 atom stereocenters. The van der Waals surface area contributed by atoms with Gasteiger partial charge in [0.05, 0.1) is 5.69 Å². The standard InChI is InChI=1S/C10H13NO3/c1-5(2)9-11-7-4-3-6(10(12)13)8(7)14-9/h5-6H,3-4H2,1-2H3,(H,12,13). The number of aryl methyl sites for hydroxylation is 1. The molecule has 1 heterocycles. The molecular formula is C10H13NO3. The van der Waals surface area contributed by atoms with Gasteiger partial charge in [-0.05, 0) is 12.8 Å². The van der Waals surface area contributed by atoms with E-state index in [4.69, 9.17) is 9.52 Å². The van der Waals surface area contributed by atoms with Crippen LogP contribution in [-0.4, -0.2) is 16.1 Å². The summed E-state index contributed by atoms with van der Waals surface area (Å²) in [6.45, 7) is 3.97. The van der Waals surface area contributed by atoms with Gasteiger partial charge in [-0.25, -0.2) is 4.98 Å². The Balaban J connectivity index is 2.35. The Morgan fingerprint density at radius 3 is 2.93 bits per heavy atom. The van der Waals surface area contributed by atoms with Crippen LogP contribution in [0.3, 0.4) is 0 Å². The summed E-state index contributed by atoms with van der Waals surface area (Å²) in [7, 11) is 0. The minimum atomic E-state index is -0.810. The number of carbonyl (C=O) groups is 1. The number of hydrogen-bond acceptors (Lipinski definition) is 3. The number of oxazole rings is 1. The van der Waals surface area contributed by atoms with Crippen LogP contribution in [0.1, 0.15) is 49.4 Å². The first-order valence-electron chi connectivity index (χ1n) is 4.82. The average Bonchev–Trinajstić information content (AvgIpc) is 2.58. The highest BCUT2D eigenvalue weighted by atomic mass is 16.4. The maximum atomic E-state index is 10.9. The van der Waals surface area contributed by atoms with E-state index in [0.717, 1.165) is 12.1 Å². The highest BCUT2D eigenvalue weighted by Gasteiger charge is 2.34. The SMILES string of the molecule is CC(C)c1nc2c(o1)C(C(=O)O)CC2. The summed E-state index contributed by atoms with van der Waals surface area (Å²) in [5, 5.41) is 8.92. The number of fused-ring (bicyclic) bond motifs is 1. The maximum absolute atomic E-state index is 10.9. The lowest BCUT2D eigenvalue weighted by Gasteiger charge is -2.02. The quantitative estimate of drug-likeness (QED) is 0.782. The van der Waals surface area contributed by atoms with Crippen molar-refractivity contribution < 1.29 is 14.3 Å². The lowest BCUT2D eigenvalue weighted by atomic mass is 10.1. The van der Waals surface area contributed by atoms with Crippen molar-refractivity contribution in [3.8, 4) is 0 Å². The van der Waals surface area contributed by atoms with Gasteiger partial charge in [0.25, 0.3) is 0 Å². The third-order valence-electron chi connectivity index (χ3n) is 2.52. The topological polar surface area (TPSA) is 63.3 Å². The fraction of sp³-hybridized carbons (Fsp3) is 0.600. The van der Waals surface area contributed by atoms with Gasteiger partial charge in [-0.1, -0.05) is 13.8 Å². The summed E-state index contributed by atoms with van der Waals surface area (Å²) in [5.74, 6) is 0.150. The Labute approximate surface area is 81.9 Å². The molecule has 0 amide bonds. The van der Waals surface area contributed by atoms with Crippen molar-refractivity contribution in [3.63, 3.8) is 0 Å². The predicted molar refractivity (Wildman–Crippen MR) is 49.3 cm³/mol. The van der Waals surface area contributed by atoms with Crippen LogP contribution >= 0.6 is 0 Å². The molecule has 4 heteroatoms.